The van der Waals surface area contributed by atoms with Crippen molar-refractivity contribution in [1.29, 1.82) is 0 Å². The molecule has 0 bridgehead atoms. The first-order chi connectivity index (χ1) is 35.1. The summed E-state index contributed by atoms with van der Waals surface area (Å²) in [6, 6.07) is 77.1. The second-order valence-electron chi connectivity index (χ2n) is 17.1. The zero-order valence-corrected chi connectivity index (χ0v) is 38.0. The van der Waals surface area contributed by atoms with E-state index >= 15 is 0 Å². The fourth-order valence-electron chi connectivity index (χ4n) is 9.22. The van der Waals surface area contributed by atoms with Gasteiger partial charge in [0.25, 0.3) is 0 Å². The van der Waals surface area contributed by atoms with Gasteiger partial charge in [-0.2, -0.15) is 0 Å². The van der Waals surface area contributed by atoms with Gasteiger partial charge in [0, 0.05) is 44.2 Å². The van der Waals surface area contributed by atoms with E-state index in [9.17, 15) is 0 Å². The molecule has 0 aliphatic carbocycles. The summed E-state index contributed by atoms with van der Waals surface area (Å²) >= 11 is 0. The van der Waals surface area contributed by atoms with E-state index < -0.39 is 0 Å². The van der Waals surface area contributed by atoms with Crippen LogP contribution in [-0.2, 0) is 0 Å². The van der Waals surface area contributed by atoms with E-state index in [-0.39, 0.29) is 0 Å². The minimum atomic E-state index is 0.467. The zero-order chi connectivity index (χ0) is 47.7. The van der Waals surface area contributed by atoms with Crippen molar-refractivity contribution >= 4 is 33.2 Å². The number of rotatable bonds is 9. The summed E-state index contributed by atoms with van der Waals surface area (Å²) in [4.78, 5) is 33.8. The fraction of sp³-hybridized carbons (Fsp3) is 0. The van der Waals surface area contributed by atoms with Gasteiger partial charge in [0.1, 0.15) is 0 Å². The predicted molar refractivity (Wildman–Crippen MR) is 286 cm³/mol. The Bertz CT molecular complexity index is 3830. The number of hydrogen-bond acceptors (Lipinski definition) is 5. The first-order valence-corrected chi connectivity index (χ1v) is 23.1. The van der Waals surface area contributed by atoms with E-state index in [2.05, 4.69) is 93.1 Å². The number of nitrogens with zero attached hydrogens (tertiary/aromatic N) is 8. The van der Waals surface area contributed by atoms with Crippen molar-refractivity contribution in [3.8, 4) is 96.0 Å². The normalized spacial score (nSPS) is 11.1. The van der Waals surface area contributed by atoms with Crippen molar-refractivity contribution in [3.05, 3.63) is 253 Å². The topological polar surface area (TPSA) is 78.1 Å². The lowest BCUT2D eigenvalue weighted by molar-refractivity contribution is 1.06. The van der Waals surface area contributed by atoms with Crippen LogP contribution in [0.25, 0.3) is 128 Å². The van der Waals surface area contributed by atoms with Crippen LogP contribution in [0.1, 0.15) is 0 Å². The molecule has 330 valence electrons. The van der Waals surface area contributed by atoms with Gasteiger partial charge in [0.15, 0.2) is 34.7 Å². The van der Waals surface area contributed by atoms with Gasteiger partial charge < -0.3 is 4.57 Å². The molecule has 12 aromatic rings. The molecule has 3 aromatic heterocycles. The average Bonchev–Trinajstić information content (AvgIpc) is 3.78. The molecule has 12 rings (SSSR count). The third-order valence-electron chi connectivity index (χ3n) is 12.7. The van der Waals surface area contributed by atoms with Crippen LogP contribution in [0.2, 0.25) is 0 Å². The fourth-order valence-corrected chi connectivity index (χ4v) is 9.22. The second kappa shape index (κ2) is 18.2. The van der Waals surface area contributed by atoms with Crippen LogP contribution in [0.5, 0.6) is 0 Å². The predicted octanol–water partition coefficient (Wildman–Crippen LogP) is 16.2. The molecule has 0 saturated carbocycles. The summed E-state index contributed by atoms with van der Waals surface area (Å²) in [7, 11) is 0. The van der Waals surface area contributed by atoms with Crippen molar-refractivity contribution in [2.24, 2.45) is 0 Å². The van der Waals surface area contributed by atoms with E-state index in [1.807, 2.05) is 152 Å². The van der Waals surface area contributed by atoms with Gasteiger partial charge in [-0.25, -0.2) is 34.6 Å². The Morgan fingerprint density at radius 1 is 0.296 bits per heavy atom. The van der Waals surface area contributed by atoms with Crippen molar-refractivity contribution in [2.45, 2.75) is 0 Å². The molecule has 0 atom stereocenters. The average molecular weight is 907 g/mol. The molecule has 0 N–H and O–H groups in total. The Hall–Kier alpha value is -10.2. The number of benzene rings is 9. The standard InChI is InChI=1S/C63H38N8/c1-64-50-27-15-25-45(35-50)47-29-32-52-53-33-30-48(46-26-16-28-51(36-46)65-2)39-59(53)71(58(52)38-47)57-34-31-49(62-66-55(41-17-7-3-8-18-41)40-56(67-62)42-19-9-4-10-20-42)37-54(57)63-69-60(43-21-11-5-12-22-43)68-61(70-63)44-23-13-6-14-24-44/h3-40H. The molecule has 0 aliphatic rings. The molecule has 8 nitrogen and oxygen atoms in total. The molecule has 71 heavy (non-hydrogen) atoms. The first-order valence-electron chi connectivity index (χ1n) is 23.1. The number of fused-ring (bicyclic) bond motifs is 3. The molecule has 9 aromatic carbocycles. The van der Waals surface area contributed by atoms with Gasteiger partial charge in [-0.05, 0) is 70.8 Å². The summed E-state index contributed by atoms with van der Waals surface area (Å²) in [5, 5.41) is 2.08. The maximum Gasteiger partial charge on any atom is 0.187 e. The van der Waals surface area contributed by atoms with Crippen LogP contribution in [-0.4, -0.2) is 29.5 Å². The van der Waals surface area contributed by atoms with Crippen molar-refractivity contribution in [3.63, 3.8) is 0 Å². The van der Waals surface area contributed by atoms with Crippen LogP contribution in [0.15, 0.2) is 231 Å². The Balaban J connectivity index is 1.18. The van der Waals surface area contributed by atoms with E-state index in [0.29, 0.717) is 34.7 Å². The highest BCUT2D eigenvalue weighted by Gasteiger charge is 2.23. The van der Waals surface area contributed by atoms with Crippen LogP contribution in [0.3, 0.4) is 0 Å². The van der Waals surface area contributed by atoms with Gasteiger partial charge in [0.2, 0.25) is 0 Å². The third kappa shape index (κ3) is 8.14. The van der Waals surface area contributed by atoms with E-state index in [4.69, 9.17) is 38.1 Å². The zero-order valence-electron chi connectivity index (χ0n) is 38.0. The highest BCUT2D eigenvalue weighted by atomic mass is 15.1. The largest absolute Gasteiger partial charge is 0.308 e. The van der Waals surface area contributed by atoms with Crippen molar-refractivity contribution < 1.29 is 0 Å². The Morgan fingerprint density at radius 2 is 0.690 bits per heavy atom. The summed E-state index contributed by atoms with van der Waals surface area (Å²) in [6.45, 7) is 15.6. The van der Waals surface area contributed by atoms with E-state index in [1.54, 1.807) is 0 Å². The maximum atomic E-state index is 7.79. The van der Waals surface area contributed by atoms with Crippen molar-refractivity contribution in [1.82, 2.24) is 29.5 Å². The SMILES string of the molecule is [C-]#[N+]c1cccc(-c2ccc3c4ccc(-c5cccc([N+]#[C-])c5)cc4n(-c4ccc(-c5nc(-c6ccccc6)cc(-c6ccccc6)n5)cc4-c4nc(-c5ccccc5)nc(-c5ccccc5)n4)c3c2)c1. The molecule has 0 aliphatic heterocycles. The number of aromatic nitrogens is 6. The van der Waals surface area contributed by atoms with Gasteiger partial charge in [-0.1, -0.05) is 182 Å². The Kier molecular flexibility index (Phi) is 10.8. The molecule has 0 spiro atoms. The van der Waals surface area contributed by atoms with Gasteiger partial charge in [-0.3, -0.25) is 0 Å². The molecular weight excluding hydrogens is 869 g/mol. The minimum absolute atomic E-state index is 0.467. The summed E-state index contributed by atoms with van der Waals surface area (Å²) in [6.07, 6.45) is 0. The molecular formula is C63H38N8. The molecule has 0 saturated heterocycles. The lowest BCUT2D eigenvalue weighted by Crippen LogP contribution is -2.04. The molecule has 0 unspecified atom stereocenters. The lowest BCUT2D eigenvalue weighted by atomic mass is 10.0. The van der Waals surface area contributed by atoms with E-state index in [0.717, 1.165) is 94.5 Å². The molecule has 3 heterocycles. The quantitative estimate of drug-likeness (QED) is 0.135. The monoisotopic (exact) mass is 906 g/mol. The lowest BCUT2D eigenvalue weighted by Gasteiger charge is -2.17. The molecule has 0 amide bonds. The van der Waals surface area contributed by atoms with Gasteiger partial charge in [-0.15, -0.1) is 0 Å². The highest BCUT2D eigenvalue weighted by molar-refractivity contribution is 6.12. The summed E-state index contributed by atoms with van der Waals surface area (Å²) in [5.41, 5.74) is 14.4. The Morgan fingerprint density at radius 3 is 1.15 bits per heavy atom. The third-order valence-corrected chi connectivity index (χ3v) is 12.7. The Labute approximate surface area is 410 Å². The highest BCUT2D eigenvalue weighted by Crippen LogP contribution is 2.42. The van der Waals surface area contributed by atoms with E-state index in [1.165, 1.54) is 0 Å². The van der Waals surface area contributed by atoms with Gasteiger partial charge in [0.05, 0.1) is 41.3 Å². The summed E-state index contributed by atoms with van der Waals surface area (Å²) in [5.74, 6) is 2.08. The molecule has 0 fully saturated rings. The maximum absolute atomic E-state index is 7.79. The van der Waals surface area contributed by atoms with Crippen LogP contribution in [0.4, 0.5) is 11.4 Å². The van der Waals surface area contributed by atoms with Crippen LogP contribution in [0, 0.1) is 13.1 Å². The second-order valence-corrected chi connectivity index (χ2v) is 17.1. The first kappa shape index (κ1) is 42.2. The minimum Gasteiger partial charge on any atom is -0.308 e. The van der Waals surface area contributed by atoms with Gasteiger partial charge >= 0.3 is 0 Å². The molecule has 8 heteroatoms. The van der Waals surface area contributed by atoms with Crippen LogP contribution < -0.4 is 0 Å². The summed E-state index contributed by atoms with van der Waals surface area (Å²) < 4.78 is 2.29. The van der Waals surface area contributed by atoms with Crippen molar-refractivity contribution in [2.75, 3.05) is 0 Å². The smallest absolute Gasteiger partial charge is 0.187 e. The molecule has 0 radical (unpaired) electrons. The number of hydrogen-bond donors (Lipinski definition) is 0. The van der Waals surface area contributed by atoms with Crippen LogP contribution >= 0.6 is 0 Å².